The van der Waals surface area contributed by atoms with Crippen molar-refractivity contribution in [3.63, 3.8) is 0 Å². The van der Waals surface area contributed by atoms with Crippen molar-refractivity contribution in [2.45, 2.75) is 26.2 Å². The first-order valence-corrected chi connectivity index (χ1v) is 12.3. The molecule has 3 heterocycles. The zero-order chi connectivity index (χ0) is 22.8. The first kappa shape index (κ1) is 21.7. The Morgan fingerprint density at radius 3 is 2.67 bits per heavy atom. The molecule has 7 heteroatoms. The number of benzene rings is 2. The van der Waals surface area contributed by atoms with E-state index in [1.807, 2.05) is 77.6 Å². The van der Waals surface area contributed by atoms with Crippen LogP contribution >= 0.6 is 24.0 Å². The van der Waals surface area contributed by atoms with E-state index in [2.05, 4.69) is 6.92 Å². The van der Waals surface area contributed by atoms with Crippen LogP contribution in [0.3, 0.4) is 0 Å². The van der Waals surface area contributed by atoms with E-state index < -0.39 is 0 Å². The Bertz CT molecular complexity index is 1320. The Morgan fingerprint density at radius 1 is 1.09 bits per heavy atom. The van der Waals surface area contributed by atoms with Gasteiger partial charge in [-0.2, -0.15) is 5.10 Å². The van der Waals surface area contributed by atoms with Crippen LogP contribution in [0.15, 0.2) is 76.2 Å². The molecule has 0 atom stereocenters. The second kappa shape index (κ2) is 9.37. The summed E-state index contributed by atoms with van der Waals surface area (Å²) in [4.78, 5) is 15.4. The smallest absolute Gasteiger partial charge is 0.266 e. The summed E-state index contributed by atoms with van der Waals surface area (Å²) >= 11 is 6.85. The number of fused-ring (bicyclic) bond motifs is 1. The summed E-state index contributed by atoms with van der Waals surface area (Å²) in [5.74, 6) is 0.625. The first-order chi connectivity index (χ1) is 16.1. The van der Waals surface area contributed by atoms with Crippen molar-refractivity contribution in [2.24, 2.45) is 0 Å². The van der Waals surface area contributed by atoms with Gasteiger partial charge in [0.25, 0.3) is 5.91 Å². The lowest BCUT2D eigenvalue weighted by Crippen LogP contribution is -2.28. The Labute approximate surface area is 202 Å². The Balaban J connectivity index is 1.55. The fraction of sp³-hybridized carbons (Fsp3) is 0.192. The van der Waals surface area contributed by atoms with Crippen LogP contribution in [-0.4, -0.2) is 31.5 Å². The molecule has 1 aliphatic rings. The molecule has 4 aromatic rings. The Kier molecular flexibility index (Phi) is 6.15. The molecule has 33 heavy (non-hydrogen) atoms. The van der Waals surface area contributed by atoms with Gasteiger partial charge in [0.05, 0.1) is 10.6 Å². The van der Waals surface area contributed by atoms with Crippen LogP contribution in [0.2, 0.25) is 0 Å². The number of carbonyl (C=O) groups excluding carboxylic acids is 1. The number of nitrogens with zero attached hydrogens (tertiary/aromatic N) is 3. The molecule has 0 radical (unpaired) electrons. The van der Waals surface area contributed by atoms with Crippen molar-refractivity contribution in [1.29, 1.82) is 0 Å². The SMILES string of the molecule is CCCCCN1C(=O)/C(=C/c2cn(-c3ccccc3)nc2-c2cc3ccccc3o2)SC1=S. The maximum atomic E-state index is 13.1. The number of unbranched alkanes of at least 4 members (excludes halogenated alkanes) is 2. The Hall–Kier alpha value is -3.16. The minimum atomic E-state index is -0.0379. The van der Waals surface area contributed by atoms with Crippen molar-refractivity contribution in [2.75, 3.05) is 6.54 Å². The number of para-hydroxylation sites is 2. The summed E-state index contributed by atoms with van der Waals surface area (Å²) in [6.07, 6.45) is 6.95. The molecule has 166 valence electrons. The quantitative estimate of drug-likeness (QED) is 0.170. The minimum Gasteiger partial charge on any atom is -0.454 e. The molecule has 0 aliphatic carbocycles. The van der Waals surface area contributed by atoms with Crippen molar-refractivity contribution < 1.29 is 9.21 Å². The molecule has 0 N–H and O–H groups in total. The molecule has 0 spiro atoms. The minimum absolute atomic E-state index is 0.0379. The summed E-state index contributed by atoms with van der Waals surface area (Å²) in [6.45, 7) is 2.81. The van der Waals surface area contributed by atoms with Crippen LogP contribution in [0.4, 0.5) is 0 Å². The van der Waals surface area contributed by atoms with E-state index in [0.29, 0.717) is 27.2 Å². The molecule has 0 saturated carbocycles. The summed E-state index contributed by atoms with van der Waals surface area (Å²) in [5.41, 5.74) is 3.23. The van der Waals surface area contributed by atoms with Gasteiger partial charge in [-0.1, -0.05) is 80.1 Å². The molecule has 1 fully saturated rings. The van der Waals surface area contributed by atoms with Crippen LogP contribution in [0, 0.1) is 0 Å². The van der Waals surface area contributed by atoms with Crippen molar-refractivity contribution in [3.8, 4) is 17.1 Å². The third kappa shape index (κ3) is 4.38. The monoisotopic (exact) mass is 473 g/mol. The normalized spacial score (nSPS) is 15.3. The zero-order valence-corrected chi connectivity index (χ0v) is 19.9. The molecule has 2 aromatic carbocycles. The maximum absolute atomic E-state index is 13.1. The van der Waals surface area contributed by atoms with Gasteiger partial charge in [0.1, 0.15) is 15.6 Å². The zero-order valence-electron chi connectivity index (χ0n) is 18.2. The number of rotatable bonds is 7. The van der Waals surface area contributed by atoms with E-state index in [0.717, 1.165) is 41.5 Å². The van der Waals surface area contributed by atoms with E-state index >= 15 is 0 Å². The van der Waals surface area contributed by atoms with Crippen LogP contribution in [0.25, 0.3) is 34.2 Å². The van der Waals surface area contributed by atoms with Crippen molar-refractivity contribution in [3.05, 3.63) is 77.3 Å². The topological polar surface area (TPSA) is 51.3 Å². The molecule has 1 amide bonds. The molecular formula is C26H23N3O2S2. The van der Waals surface area contributed by atoms with E-state index in [1.54, 1.807) is 4.90 Å². The summed E-state index contributed by atoms with van der Waals surface area (Å²) in [7, 11) is 0. The lowest BCUT2D eigenvalue weighted by Gasteiger charge is -2.13. The highest BCUT2D eigenvalue weighted by Gasteiger charge is 2.32. The van der Waals surface area contributed by atoms with Gasteiger partial charge in [0, 0.05) is 23.7 Å². The third-order valence-corrected chi connectivity index (χ3v) is 6.95. The van der Waals surface area contributed by atoms with E-state index in [-0.39, 0.29) is 5.91 Å². The number of hydrogen-bond donors (Lipinski definition) is 0. The van der Waals surface area contributed by atoms with Gasteiger partial charge in [-0.15, -0.1) is 0 Å². The van der Waals surface area contributed by atoms with Crippen molar-refractivity contribution in [1.82, 2.24) is 14.7 Å². The van der Waals surface area contributed by atoms with E-state index in [4.69, 9.17) is 21.7 Å². The summed E-state index contributed by atoms with van der Waals surface area (Å²) < 4.78 is 8.54. The largest absolute Gasteiger partial charge is 0.454 e. The van der Waals surface area contributed by atoms with Crippen LogP contribution in [0.1, 0.15) is 31.7 Å². The van der Waals surface area contributed by atoms with Gasteiger partial charge in [0.15, 0.2) is 5.76 Å². The number of furan rings is 1. The molecule has 5 nitrogen and oxygen atoms in total. The standard InChI is InChI=1S/C26H23N3O2S2/c1-2-3-9-14-28-25(30)23(33-26(28)32)16-19-17-29(20-11-5-4-6-12-20)27-24(19)22-15-18-10-7-8-13-21(18)31-22/h4-8,10-13,15-17H,2-3,9,14H2,1H3/b23-16-. The number of thioether (sulfide) groups is 1. The molecule has 2 aromatic heterocycles. The number of carbonyl (C=O) groups is 1. The summed E-state index contributed by atoms with van der Waals surface area (Å²) in [5, 5.41) is 5.83. The number of thiocarbonyl (C=S) groups is 1. The maximum Gasteiger partial charge on any atom is 0.266 e. The van der Waals surface area contributed by atoms with E-state index in [9.17, 15) is 4.79 Å². The van der Waals surface area contributed by atoms with E-state index in [1.165, 1.54) is 11.8 Å². The highest BCUT2D eigenvalue weighted by Crippen LogP contribution is 2.36. The molecule has 0 unspecified atom stereocenters. The summed E-state index contributed by atoms with van der Waals surface area (Å²) in [6, 6.07) is 19.8. The molecule has 1 saturated heterocycles. The van der Waals surface area contributed by atoms with Gasteiger partial charge >= 0.3 is 0 Å². The molecule has 5 rings (SSSR count). The third-order valence-electron chi connectivity index (χ3n) is 5.57. The lowest BCUT2D eigenvalue weighted by atomic mass is 10.1. The first-order valence-electron chi connectivity index (χ1n) is 11.0. The number of aromatic nitrogens is 2. The average Bonchev–Trinajstić information content (AvgIpc) is 3.52. The fourth-order valence-electron chi connectivity index (χ4n) is 3.85. The second-order valence-corrected chi connectivity index (χ2v) is 9.58. The van der Waals surface area contributed by atoms with Gasteiger partial charge in [0.2, 0.25) is 0 Å². The average molecular weight is 474 g/mol. The molecular weight excluding hydrogens is 450 g/mol. The van der Waals surface area contributed by atoms with Gasteiger partial charge in [-0.3, -0.25) is 9.69 Å². The highest BCUT2D eigenvalue weighted by molar-refractivity contribution is 8.26. The highest BCUT2D eigenvalue weighted by atomic mass is 32.2. The van der Waals surface area contributed by atoms with Crippen LogP contribution < -0.4 is 0 Å². The predicted molar refractivity (Wildman–Crippen MR) is 138 cm³/mol. The second-order valence-electron chi connectivity index (χ2n) is 7.90. The van der Waals surface area contributed by atoms with Gasteiger partial charge in [-0.25, -0.2) is 4.68 Å². The Morgan fingerprint density at radius 2 is 1.88 bits per heavy atom. The van der Waals surface area contributed by atoms with Crippen LogP contribution in [0.5, 0.6) is 0 Å². The predicted octanol–water partition coefficient (Wildman–Crippen LogP) is 6.68. The lowest BCUT2D eigenvalue weighted by molar-refractivity contribution is -0.122. The van der Waals surface area contributed by atoms with Gasteiger partial charge in [-0.05, 0) is 36.8 Å². The number of amides is 1. The van der Waals surface area contributed by atoms with Crippen LogP contribution in [-0.2, 0) is 4.79 Å². The van der Waals surface area contributed by atoms with Crippen molar-refractivity contribution >= 4 is 51.3 Å². The number of hydrogen-bond acceptors (Lipinski definition) is 5. The molecule has 1 aliphatic heterocycles. The molecule has 0 bridgehead atoms. The fourth-order valence-corrected chi connectivity index (χ4v) is 5.15. The van der Waals surface area contributed by atoms with Gasteiger partial charge < -0.3 is 4.42 Å².